The first kappa shape index (κ1) is 11.5. The Morgan fingerprint density at radius 3 is 2.81 bits per heavy atom. The van der Waals surface area contributed by atoms with Gasteiger partial charge < -0.3 is 10.3 Å². The number of hydrogen-bond acceptors (Lipinski definition) is 1. The lowest BCUT2D eigenvalue weighted by atomic mass is 10.2. The molecule has 0 aliphatic carbocycles. The highest BCUT2D eigenvalue weighted by molar-refractivity contribution is 6.35. The zero-order valence-electron chi connectivity index (χ0n) is 9.70. The third-order valence-electron chi connectivity index (χ3n) is 2.83. The van der Waals surface area contributed by atoms with Gasteiger partial charge in [0, 0.05) is 40.6 Å². The first-order valence-electron chi connectivity index (χ1n) is 5.65. The Kier molecular flexibility index (Phi) is 3.22. The molecule has 3 heteroatoms. The zero-order valence-corrected chi connectivity index (χ0v) is 10.5. The number of nitrogens with zero attached hydrogens (tertiary/aromatic N) is 1. The van der Waals surface area contributed by atoms with Crippen LogP contribution in [0.15, 0.2) is 24.3 Å². The van der Waals surface area contributed by atoms with Crippen molar-refractivity contribution >= 4 is 22.5 Å². The molecule has 16 heavy (non-hydrogen) atoms. The predicted octanol–water partition coefficient (Wildman–Crippen LogP) is 3.20. The summed E-state index contributed by atoms with van der Waals surface area (Å²) < 4.78 is 2.28. The van der Waals surface area contributed by atoms with E-state index in [1.807, 2.05) is 19.1 Å². The van der Waals surface area contributed by atoms with Gasteiger partial charge in [0.15, 0.2) is 0 Å². The topological polar surface area (TPSA) is 30.9 Å². The molecule has 2 rings (SSSR count). The van der Waals surface area contributed by atoms with Crippen molar-refractivity contribution in [3.05, 3.63) is 35.0 Å². The summed E-state index contributed by atoms with van der Waals surface area (Å²) in [4.78, 5) is 0. The summed E-state index contributed by atoms with van der Waals surface area (Å²) >= 11 is 6.19. The number of rotatable bonds is 3. The van der Waals surface area contributed by atoms with Gasteiger partial charge in [0.2, 0.25) is 0 Å². The first-order chi connectivity index (χ1) is 7.63. The number of nitrogens with two attached hydrogens (primary N) is 1. The number of hydrogen-bond donors (Lipinski definition) is 1. The molecule has 0 amide bonds. The molecule has 0 spiro atoms. The molecule has 1 aromatic carbocycles. The molecule has 86 valence electrons. The lowest BCUT2D eigenvalue weighted by Crippen LogP contribution is -2.19. The minimum atomic E-state index is 0.174. The smallest absolute Gasteiger partial charge is 0.0499 e. The van der Waals surface area contributed by atoms with Gasteiger partial charge in [0.1, 0.15) is 0 Å². The van der Waals surface area contributed by atoms with Gasteiger partial charge in [-0.3, -0.25) is 0 Å². The molecule has 2 aromatic rings. The molecule has 1 aromatic heterocycles. The first-order valence-corrected chi connectivity index (χ1v) is 6.03. The molecule has 2 nitrogen and oxygen atoms in total. The van der Waals surface area contributed by atoms with Crippen LogP contribution >= 0.6 is 11.6 Å². The monoisotopic (exact) mass is 236 g/mol. The minimum absolute atomic E-state index is 0.174. The normalized spacial score (nSPS) is 13.2. The summed E-state index contributed by atoms with van der Waals surface area (Å²) in [6, 6.07) is 8.36. The van der Waals surface area contributed by atoms with Gasteiger partial charge >= 0.3 is 0 Å². The van der Waals surface area contributed by atoms with Gasteiger partial charge in [-0.05, 0) is 32.0 Å². The van der Waals surface area contributed by atoms with Crippen LogP contribution in [-0.2, 0) is 13.0 Å². The molecule has 1 atom stereocenters. The van der Waals surface area contributed by atoms with Crippen LogP contribution in [-0.4, -0.2) is 10.6 Å². The fraction of sp³-hybridized carbons (Fsp3) is 0.385. The number of benzene rings is 1. The largest absolute Gasteiger partial charge is 0.345 e. The van der Waals surface area contributed by atoms with Crippen LogP contribution < -0.4 is 5.73 Å². The zero-order chi connectivity index (χ0) is 11.7. The minimum Gasteiger partial charge on any atom is -0.345 e. The van der Waals surface area contributed by atoms with Crippen LogP contribution in [0.3, 0.4) is 0 Å². The molecule has 1 heterocycles. The maximum absolute atomic E-state index is 6.19. The molecule has 0 aliphatic rings. The van der Waals surface area contributed by atoms with E-state index in [0.717, 1.165) is 23.4 Å². The summed E-state index contributed by atoms with van der Waals surface area (Å²) in [5.74, 6) is 0. The van der Waals surface area contributed by atoms with Crippen molar-refractivity contribution in [1.29, 1.82) is 0 Å². The quantitative estimate of drug-likeness (QED) is 0.872. The number of fused-ring (bicyclic) bond motifs is 1. The molecule has 2 N–H and O–H groups in total. The van der Waals surface area contributed by atoms with E-state index < -0.39 is 0 Å². The van der Waals surface area contributed by atoms with Gasteiger partial charge in [-0.2, -0.15) is 0 Å². The third-order valence-corrected chi connectivity index (χ3v) is 3.16. The van der Waals surface area contributed by atoms with Crippen LogP contribution in [0.4, 0.5) is 0 Å². The van der Waals surface area contributed by atoms with Crippen molar-refractivity contribution in [2.24, 2.45) is 5.73 Å². The molecule has 0 radical (unpaired) electrons. The van der Waals surface area contributed by atoms with Crippen LogP contribution in [0.25, 0.3) is 10.9 Å². The molecule has 0 aliphatic heterocycles. The maximum atomic E-state index is 6.19. The number of aryl methyl sites for hydroxylation is 1. The molecular formula is C13H17ClN2. The van der Waals surface area contributed by atoms with Crippen molar-refractivity contribution in [2.45, 2.75) is 32.9 Å². The maximum Gasteiger partial charge on any atom is 0.0499 e. The van der Waals surface area contributed by atoms with Gasteiger partial charge in [0.25, 0.3) is 0 Å². The van der Waals surface area contributed by atoms with Crippen LogP contribution in [0.1, 0.15) is 19.5 Å². The van der Waals surface area contributed by atoms with Crippen molar-refractivity contribution in [3.63, 3.8) is 0 Å². The SMILES string of the molecule is CCn1c(CC(C)N)cc2c(Cl)cccc21. The van der Waals surface area contributed by atoms with Crippen LogP contribution in [0.2, 0.25) is 5.02 Å². The van der Waals surface area contributed by atoms with E-state index in [-0.39, 0.29) is 6.04 Å². The van der Waals surface area contributed by atoms with E-state index in [0.29, 0.717) is 0 Å². The fourth-order valence-corrected chi connectivity index (χ4v) is 2.40. The number of aromatic nitrogens is 1. The van der Waals surface area contributed by atoms with Gasteiger partial charge in [-0.15, -0.1) is 0 Å². The van der Waals surface area contributed by atoms with E-state index in [1.54, 1.807) is 0 Å². The Bertz CT molecular complexity index is 500. The fourth-order valence-electron chi connectivity index (χ4n) is 2.18. The van der Waals surface area contributed by atoms with Crippen LogP contribution in [0.5, 0.6) is 0 Å². The van der Waals surface area contributed by atoms with E-state index in [1.165, 1.54) is 11.2 Å². The molecule has 0 saturated carbocycles. The highest BCUT2D eigenvalue weighted by Gasteiger charge is 2.10. The molecular weight excluding hydrogens is 220 g/mol. The van der Waals surface area contributed by atoms with E-state index >= 15 is 0 Å². The molecule has 0 saturated heterocycles. The molecule has 0 fully saturated rings. The van der Waals surface area contributed by atoms with Crippen molar-refractivity contribution in [2.75, 3.05) is 0 Å². The standard InChI is InChI=1S/C13H17ClN2/c1-3-16-10(7-9(2)15)8-11-12(14)5-4-6-13(11)16/h4-6,8-9H,3,7,15H2,1-2H3. The van der Waals surface area contributed by atoms with Crippen molar-refractivity contribution in [1.82, 2.24) is 4.57 Å². The van der Waals surface area contributed by atoms with E-state index in [4.69, 9.17) is 17.3 Å². The summed E-state index contributed by atoms with van der Waals surface area (Å²) in [6.45, 7) is 5.12. The summed E-state index contributed by atoms with van der Waals surface area (Å²) in [5.41, 5.74) is 8.33. The summed E-state index contributed by atoms with van der Waals surface area (Å²) in [6.07, 6.45) is 0.888. The Morgan fingerprint density at radius 1 is 1.44 bits per heavy atom. The Balaban J connectivity index is 2.61. The average molecular weight is 237 g/mol. The van der Waals surface area contributed by atoms with Crippen molar-refractivity contribution in [3.8, 4) is 0 Å². The van der Waals surface area contributed by atoms with Gasteiger partial charge in [-0.25, -0.2) is 0 Å². The van der Waals surface area contributed by atoms with E-state index in [2.05, 4.69) is 23.6 Å². The molecule has 1 unspecified atom stereocenters. The lowest BCUT2D eigenvalue weighted by Gasteiger charge is -2.09. The second-order valence-corrected chi connectivity index (χ2v) is 4.64. The molecule has 0 bridgehead atoms. The number of halogens is 1. The van der Waals surface area contributed by atoms with Gasteiger partial charge in [0.05, 0.1) is 0 Å². The Hall–Kier alpha value is -0.990. The van der Waals surface area contributed by atoms with Crippen molar-refractivity contribution < 1.29 is 0 Å². The summed E-state index contributed by atoms with van der Waals surface area (Å²) in [7, 11) is 0. The average Bonchev–Trinajstić information content (AvgIpc) is 2.56. The lowest BCUT2D eigenvalue weighted by molar-refractivity contribution is 0.665. The third kappa shape index (κ3) is 1.95. The highest BCUT2D eigenvalue weighted by atomic mass is 35.5. The Morgan fingerprint density at radius 2 is 2.19 bits per heavy atom. The Labute approximate surface area is 101 Å². The van der Waals surface area contributed by atoms with Crippen LogP contribution in [0, 0.1) is 0 Å². The van der Waals surface area contributed by atoms with E-state index in [9.17, 15) is 0 Å². The second-order valence-electron chi connectivity index (χ2n) is 4.23. The highest BCUT2D eigenvalue weighted by Crippen LogP contribution is 2.27. The second kappa shape index (κ2) is 4.48. The van der Waals surface area contributed by atoms with Gasteiger partial charge in [-0.1, -0.05) is 17.7 Å². The predicted molar refractivity (Wildman–Crippen MR) is 70.0 cm³/mol. The summed E-state index contributed by atoms with van der Waals surface area (Å²) in [5, 5.41) is 1.94.